The van der Waals surface area contributed by atoms with E-state index in [-0.39, 0.29) is 25.7 Å². The first-order chi connectivity index (χ1) is 35.7. The summed E-state index contributed by atoms with van der Waals surface area (Å²) >= 11 is 0. The number of ether oxygens (including phenoxy) is 4. The molecule has 0 bridgehead atoms. The lowest BCUT2D eigenvalue weighted by molar-refractivity contribution is -0.161. The van der Waals surface area contributed by atoms with Crippen LogP contribution < -0.4 is 0 Å². The first-order valence-corrected chi connectivity index (χ1v) is 32.3. The van der Waals surface area contributed by atoms with Crippen LogP contribution in [-0.4, -0.2) is 96.7 Å². The number of phosphoric acid groups is 2. The van der Waals surface area contributed by atoms with Gasteiger partial charge in [-0.25, -0.2) is 9.13 Å². The summed E-state index contributed by atoms with van der Waals surface area (Å²) < 4.78 is 67.2. The van der Waals surface area contributed by atoms with Crippen LogP contribution in [0.2, 0.25) is 0 Å². The van der Waals surface area contributed by atoms with Gasteiger partial charge in [0.2, 0.25) is 0 Å². The van der Waals surface area contributed by atoms with Gasteiger partial charge < -0.3 is 33.8 Å². The molecule has 0 rings (SSSR count). The van der Waals surface area contributed by atoms with E-state index < -0.39 is 97.5 Å². The van der Waals surface area contributed by atoms with Crippen molar-refractivity contribution in [2.45, 2.75) is 290 Å². The van der Waals surface area contributed by atoms with E-state index in [9.17, 15) is 43.2 Å². The molecule has 5 atom stereocenters. The van der Waals surface area contributed by atoms with Crippen molar-refractivity contribution in [1.29, 1.82) is 0 Å². The highest BCUT2D eigenvalue weighted by molar-refractivity contribution is 7.47. The molecule has 0 amide bonds. The monoisotopic (exact) mass is 1100 g/mol. The molecule has 0 fully saturated rings. The molecular formula is C55H106O17P2. The molecule has 0 aromatic carbocycles. The van der Waals surface area contributed by atoms with Gasteiger partial charge >= 0.3 is 39.5 Å². The summed E-state index contributed by atoms with van der Waals surface area (Å²) in [5, 5.41) is 10.4. The number of rotatable bonds is 56. The SMILES string of the molecule is CCCCCCCCCCCCCCCCCC(=O)O[C@H](COC(=O)CCCCCCC)COP(=O)(O)OC[C@@H](O)COP(=O)(O)OC[C@@H](COC(=O)CCCCCCC)OC(=O)CCCCCCCCCCC. The zero-order chi connectivity index (χ0) is 54.8. The summed E-state index contributed by atoms with van der Waals surface area (Å²) in [6.45, 7) is 4.64. The molecule has 438 valence electrons. The molecule has 0 aromatic rings. The summed E-state index contributed by atoms with van der Waals surface area (Å²) in [5.41, 5.74) is 0. The molecule has 0 saturated heterocycles. The van der Waals surface area contributed by atoms with Crippen LogP contribution in [-0.2, 0) is 65.4 Å². The van der Waals surface area contributed by atoms with Crippen molar-refractivity contribution in [2.75, 3.05) is 39.6 Å². The Hall–Kier alpha value is -1.94. The van der Waals surface area contributed by atoms with Gasteiger partial charge in [-0.15, -0.1) is 0 Å². The van der Waals surface area contributed by atoms with Gasteiger partial charge in [-0.05, 0) is 25.7 Å². The first kappa shape index (κ1) is 72.1. The largest absolute Gasteiger partial charge is 0.472 e. The predicted octanol–water partition coefficient (Wildman–Crippen LogP) is 14.4. The zero-order valence-corrected chi connectivity index (χ0v) is 48.6. The molecule has 74 heavy (non-hydrogen) atoms. The van der Waals surface area contributed by atoms with Crippen molar-refractivity contribution in [1.82, 2.24) is 0 Å². The highest BCUT2D eigenvalue weighted by Gasteiger charge is 2.30. The number of carbonyl (C=O) groups is 4. The van der Waals surface area contributed by atoms with Gasteiger partial charge in [0.1, 0.15) is 19.3 Å². The molecule has 0 heterocycles. The maximum atomic E-state index is 12.8. The number of unbranched alkanes of at least 4 members (excludes halogenated alkanes) is 30. The fourth-order valence-corrected chi connectivity index (χ4v) is 9.62. The lowest BCUT2D eigenvalue weighted by atomic mass is 10.0. The summed E-state index contributed by atoms with van der Waals surface area (Å²) in [6, 6.07) is 0. The van der Waals surface area contributed by atoms with E-state index in [1.807, 2.05) is 0 Å². The quantitative estimate of drug-likeness (QED) is 0.0222. The van der Waals surface area contributed by atoms with Crippen molar-refractivity contribution in [3.8, 4) is 0 Å². The Morgan fingerprint density at radius 1 is 0.324 bits per heavy atom. The second-order valence-electron chi connectivity index (χ2n) is 20.0. The Morgan fingerprint density at radius 2 is 0.541 bits per heavy atom. The molecule has 17 nitrogen and oxygen atoms in total. The predicted molar refractivity (Wildman–Crippen MR) is 289 cm³/mol. The highest BCUT2D eigenvalue weighted by Crippen LogP contribution is 2.45. The third-order valence-electron chi connectivity index (χ3n) is 12.6. The van der Waals surface area contributed by atoms with E-state index in [2.05, 4.69) is 27.7 Å². The standard InChI is InChI=1S/C55H106O17P2/c1-5-9-13-17-19-21-22-23-24-25-26-28-30-34-38-42-55(60)72-51(46-66-53(58)40-36-32-16-12-8-4)48-70-74(63,64)68-44-49(56)43-67-73(61,62)69-47-50(45-65-52(57)39-35-31-15-11-7-3)71-54(59)41-37-33-29-27-20-18-14-10-6-2/h49-51,56H,5-48H2,1-4H3,(H,61,62)(H,63,64)/t49-,50+,51+/m0/s1. The van der Waals surface area contributed by atoms with Gasteiger partial charge in [-0.2, -0.15) is 0 Å². The smallest absolute Gasteiger partial charge is 0.462 e. The Bertz CT molecular complexity index is 1450. The fraction of sp³-hybridized carbons (Fsp3) is 0.927. The number of aliphatic hydroxyl groups excluding tert-OH is 1. The van der Waals surface area contributed by atoms with Gasteiger partial charge in [0.05, 0.1) is 26.4 Å². The summed E-state index contributed by atoms with van der Waals surface area (Å²) in [6.07, 6.45) is 32.8. The van der Waals surface area contributed by atoms with Crippen LogP contribution in [0.1, 0.15) is 272 Å². The maximum Gasteiger partial charge on any atom is 0.472 e. The number of esters is 4. The zero-order valence-electron chi connectivity index (χ0n) is 46.8. The van der Waals surface area contributed by atoms with Crippen molar-refractivity contribution in [3.63, 3.8) is 0 Å². The van der Waals surface area contributed by atoms with Gasteiger partial charge in [-0.3, -0.25) is 37.3 Å². The van der Waals surface area contributed by atoms with Crippen molar-refractivity contribution in [2.24, 2.45) is 0 Å². The number of hydrogen-bond donors (Lipinski definition) is 3. The van der Waals surface area contributed by atoms with Crippen LogP contribution >= 0.6 is 15.6 Å². The average molecular weight is 1100 g/mol. The lowest BCUT2D eigenvalue weighted by Crippen LogP contribution is -2.30. The molecule has 3 N–H and O–H groups in total. The topological polar surface area (TPSA) is 237 Å². The summed E-state index contributed by atoms with van der Waals surface area (Å²) in [4.78, 5) is 71.2. The van der Waals surface area contributed by atoms with Gasteiger partial charge in [0, 0.05) is 25.7 Å². The molecule has 0 aliphatic rings. The normalized spacial score (nSPS) is 14.4. The van der Waals surface area contributed by atoms with E-state index in [0.717, 1.165) is 103 Å². The minimum atomic E-state index is -4.93. The van der Waals surface area contributed by atoms with Gasteiger partial charge in [0.25, 0.3) is 0 Å². The second kappa shape index (κ2) is 50.6. The van der Waals surface area contributed by atoms with Crippen LogP contribution in [0.5, 0.6) is 0 Å². The first-order valence-electron chi connectivity index (χ1n) is 29.3. The average Bonchev–Trinajstić information content (AvgIpc) is 3.37. The Balaban J connectivity index is 5.07. The van der Waals surface area contributed by atoms with Crippen molar-refractivity contribution >= 4 is 39.5 Å². The molecule has 19 heteroatoms. The molecule has 0 spiro atoms. The molecule has 0 saturated carbocycles. The number of carbonyl (C=O) groups excluding carboxylic acids is 4. The van der Waals surface area contributed by atoms with E-state index in [1.165, 1.54) is 89.9 Å². The second-order valence-corrected chi connectivity index (χ2v) is 22.9. The molecular weight excluding hydrogens is 995 g/mol. The van der Waals surface area contributed by atoms with E-state index in [1.54, 1.807) is 0 Å². The van der Waals surface area contributed by atoms with Crippen molar-refractivity contribution in [3.05, 3.63) is 0 Å². The number of hydrogen-bond acceptors (Lipinski definition) is 15. The van der Waals surface area contributed by atoms with E-state index >= 15 is 0 Å². The summed E-state index contributed by atoms with van der Waals surface area (Å²) in [7, 11) is -9.85. The lowest BCUT2D eigenvalue weighted by Gasteiger charge is -2.21. The molecule has 2 unspecified atom stereocenters. The maximum absolute atomic E-state index is 12.8. The summed E-state index contributed by atoms with van der Waals surface area (Å²) in [5.74, 6) is -2.17. The van der Waals surface area contributed by atoms with Crippen LogP contribution in [0.3, 0.4) is 0 Å². The van der Waals surface area contributed by atoms with Crippen LogP contribution in [0.25, 0.3) is 0 Å². The van der Waals surface area contributed by atoms with Crippen LogP contribution in [0.4, 0.5) is 0 Å². The molecule has 0 aliphatic carbocycles. The number of phosphoric ester groups is 2. The third kappa shape index (κ3) is 49.6. The number of aliphatic hydroxyl groups is 1. The van der Waals surface area contributed by atoms with Crippen LogP contribution in [0, 0.1) is 0 Å². The minimum Gasteiger partial charge on any atom is -0.462 e. The van der Waals surface area contributed by atoms with Gasteiger partial charge in [-0.1, -0.05) is 220 Å². The molecule has 0 aliphatic heterocycles. The van der Waals surface area contributed by atoms with E-state index in [4.69, 9.17) is 37.0 Å². The Morgan fingerprint density at radius 3 is 0.797 bits per heavy atom. The van der Waals surface area contributed by atoms with E-state index in [0.29, 0.717) is 25.7 Å². The fourth-order valence-electron chi connectivity index (χ4n) is 8.04. The Kier molecular flexibility index (Phi) is 49.2. The Labute approximate surface area is 447 Å². The van der Waals surface area contributed by atoms with Crippen LogP contribution in [0.15, 0.2) is 0 Å². The third-order valence-corrected chi connectivity index (χ3v) is 14.5. The van der Waals surface area contributed by atoms with Crippen molar-refractivity contribution < 1.29 is 80.2 Å². The molecule has 0 aromatic heterocycles. The highest BCUT2D eigenvalue weighted by atomic mass is 31.2. The van der Waals surface area contributed by atoms with Gasteiger partial charge in [0.15, 0.2) is 12.2 Å². The minimum absolute atomic E-state index is 0.105. The molecule has 0 radical (unpaired) electrons.